The van der Waals surface area contributed by atoms with Gasteiger partial charge in [-0.15, -0.1) is 0 Å². The van der Waals surface area contributed by atoms with Gasteiger partial charge < -0.3 is 19.5 Å². The van der Waals surface area contributed by atoms with Gasteiger partial charge in [-0.3, -0.25) is 9.71 Å². The fourth-order valence-corrected chi connectivity index (χ4v) is 5.54. The Morgan fingerprint density at radius 1 is 1.03 bits per heavy atom. The smallest absolute Gasteiger partial charge is 0.229 e. The number of methoxy groups -OCH3 is 1. The molecule has 2 N–H and O–H groups in total. The fraction of sp³-hybridized carbons (Fsp3) is 0.185. The van der Waals surface area contributed by atoms with E-state index in [0.717, 1.165) is 23.3 Å². The summed E-state index contributed by atoms with van der Waals surface area (Å²) in [5, 5.41) is 3.96. The van der Waals surface area contributed by atoms with E-state index in [0.29, 0.717) is 22.2 Å². The van der Waals surface area contributed by atoms with Crippen LogP contribution >= 0.6 is 12.2 Å². The predicted octanol–water partition coefficient (Wildman–Crippen LogP) is 4.74. The molecule has 37 heavy (non-hydrogen) atoms. The number of benzene rings is 2. The zero-order valence-electron chi connectivity index (χ0n) is 20.6. The van der Waals surface area contributed by atoms with E-state index in [1.165, 1.54) is 12.7 Å². The van der Waals surface area contributed by atoms with Crippen molar-refractivity contribution in [1.29, 1.82) is 0 Å². The zero-order valence-corrected chi connectivity index (χ0v) is 22.3. The third kappa shape index (κ3) is 5.03. The lowest BCUT2D eigenvalue weighted by atomic mass is 10.0. The van der Waals surface area contributed by atoms with Crippen molar-refractivity contribution in [2.75, 3.05) is 23.0 Å². The number of sulfonamides is 1. The number of pyridine rings is 1. The van der Waals surface area contributed by atoms with Crippen molar-refractivity contribution in [2.24, 2.45) is 0 Å². The number of hydrogen-bond donors (Lipinski definition) is 2. The third-order valence-corrected chi connectivity index (χ3v) is 7.16. The standard InChI is InChI=1S/C27H27N5O3S2/c1-18-9-11-19(12-10-18)31-16-6-8-23(31)26-25(21-7-4-5-15-28-21)29-27(36)32(26)20-13-14-24(35-2)22(17-20)30-37(3,33)34/h4-17,25-26,30H,1-3H3,(H,29,36)/t25-,26-/m0/s1. The summed E-state index contributed by atoms with van der Waals surface area (Å²) in [5.41, 5.74) is 5.09. The van der Waals surface area contributed by atoms with Crippen LogP contribution in [0.3, 0.4) is 0 Å². The Kier molecular flexibility index (Phi) is 6.61. The van der Waals surface area contributed by atoms with Gasteiger partial charge in [-0.25, -0.2) is 8.42 Å². The topological polar surface area (TPSA) is 88.5 Å². The Morgan fingerprint density at radius 3 is 2.46 bits per heavy atom. The van der Waals surface area contributed by atoms with Gasteiger partial charge in [0.2, 0.25) is 10.0 Å². The first-order valence-electron chi connectivity index (χ1n) is 11.7. The molecule has 1 saturated heterocycles. The molecular weight excluding hydrogens is 506 g/mol. The number of rotatable bonds is 7. The van der Waals surface area contributed by atoms with Crippen LogP contribution in [0.25, 0.3) is 5.69 Å². The molecule has 1 fully saturated rings. The molecule has 0 saturated carbocycles. The number of nitrogens with one attached hydrogen (secondary N) is 2. The second-order valence-electron chi connectivity index (χ2n) is 8.89. The zero-order chi connectivity index (χ0) is 26.2. The maximum Gasteiger partial charge on any atom is 0.229 e. The van der Waals surface area contributed by atoms with Crippen LogP contribution in [-0.4, -0.2) is 36.4 Å². The molecule has 2 aromatic heterocycles. The number of aromatic nitrogens is 2. The summed E-state index contributed by atoms with van der Waals surface area (Å²) >= 11 is 5.85. The number of ether oxygens (including phenoxy) is 1. The first-order chi connectivity index (χ1) is 17.7. The van der Waals surface area contributed by atoms with Crippen molar-refractivity contribution < 1.29 is 13.2 Å². The molecular formula is C27H27N5O3S2. The van der Waals surface area contributed by atoms with Gasteiger partial charge in [0, 0.05) is 29.5 Å². The maximum atomic E-state index is 12.0. The van der Waals surface area contributed by atoms with Crippen molar-refractivity contribution in [2.45, 2.75) is 19.0 Å². The van der Waals surface area contributed by atoms with E-state index in [9.17, 15) is 8.42 Å². The molecule has 0 spiro atoms. The molecule has 0 bridgehead atoms. The quantitative estimate of drug-likeness (QED) is 0.332. The molecule has 0 aliphatic carbocycles. The van der Waals surface area contributed by atoms with E-state index in [-0.39, 0.29) is 12.1 Å². The maximum absolute atomic E-state index is 12.0. The molecule has 0 amide bonds. The second kappa shape index (κ2) is 9.87. The minimum absolute atomic E-state index is 0.249. The van der Waals surface area contributed by atoms with Crippen LogP contribution in [-0.2, 0) is 10.0 Å². The Labute approximate surface area is 222 Å². The lowest BCUT2D eigenvalue weighted by Gasteiger charge is -2.29. The van der Waals surface area contributed by atoms with Crippen molar-refractivity contribution in [1.82, 2.24) is 14.9 Å². The summed E-state index contributed by atoms with van der Waals surface area (Å²) < 4.78 is 34.2. The summed E-state index contributed by atoms with van der Waals surface area (Å²) in [6.45, 7) is 2.06. The first kappa shape index (κ1) is 24.8. The molecule has 3 heterocycles. The summed E-state index contributed by atoms with van der Waals surface area (Å²) in [7, 11) is -2.03. The van der Waals surface area contributed by atoms with E-state index >= 15 is 0 Å². The van der Waals surface area contributed by atoms with Crippen LogP contribution in [0.15, 0.2) is 85.2 Å². The minimum atomic E-state index is -3.53. The summed E-state index contributed by atoms with van der Waals surface area (Å²) in [5.74, 6) is 0.410. The van der Waals surface area contributed by atoms with Gasteiger partial charge in [0.1, 0.15) is 11.8 Å². The monoisotopic (exact) mass is 533 g/mol. The summed E-state index contributed by atoms with van der Waals surface area (Å²) in [4.78, 5) is 6.62. The highest BCUT2D eigenvalue weighted by Gasteiger charge is 2.42. The lowest BCUT2D eigenvalue weighted by molar-refractivity contribution is 0.417. The number of hydrogen-bond acceptors (Lipinski definition) is 5. The molecule has 2 atom stereocenters. The van der Waals surface area contributed by atoms with Crippen molar-refractivity contribution in [3.8, 4) is 11.4 Å². The number of anilines is 2. The van der Waals surface area contributed by atoms with Gasteiger partial charge in [-0.2, -0.15) is 0 Å². The Balaban J connectivity index is 1.66. The van der Waals surface area contributed by atoms with Crippen LogP contribution in [0.5, 0.6) is 5.75 Å². The minimum Gasteiger partial charge on any atom is -0.495 e. The van der Waals surface area contributed by atoms with Crippen LogP contribution in [0.2, 0.25) is 0 Å². The summed E-state index contributed by atoms with van der Waals surface area (Å²) in [6.07, 6.45) is 4.90. The van der Waals surface area contributed by atoms with Crippen LogP contribution in [0, 0.1) is 6.92 Å². The lowest BCUT2D eigenvalue weighted by Crippen LogP contribution is -2.30. The van der Waals surface area contributed by atoms with Crippen LogP contribution < -0.4 is 19.7 Å². The molecule has 5 rings (SSSR count). The van der Waals surface area contributed by atoms with Gasteiger partial charge in [0.05, 0.1) is 30.8 Å². The van der Waals surface area contributed by atoms with Gasteiger partial charge in [0.25, 0.3) is 0 Å². The number of thiocarbonyl (C=S) groups is 1. The molecule has 1 aliphatic heterocycles. The molecule has 190 valence electrons. The SMILES string of the molecule is COc1ccc(N2C(=S)N[C@@H](c3ccccn3)[C@@H]2c2cccn2-c2ccc(C)cc2)cc1NS(C)(=O)=O. The summed E-state index contributed by atoms with van der Waals surface area (Å²) in [6, 6.07) is 23.0. The molecule has 0 radical (unpaired) electrons. The number of aryl methyl sites for hydroxylation is 1. The highest BCUT2D eigenvalue weighted by molar-refractivity contribution is 7.92. The van der Waals surface area contributed by atoms with Gasteiger partial charge >= 0.3 is 0 Å². The van der Waals surface area contributed by atoms with Crippen LogP contribution in [0.4, 0.5) is 11.4 Å². The molecule has 0 unspecified atom stereocenters. The molecule has 8 nitrogen and oxygen atoms in total. The van der Waals surface area contributed by atoms with E-state index in [1.54, 1.807) is 18.3 Å². The predicted molar refractivity (Wildman–Crippen MR) is 150 cm³/mol. The van der Waals surface area contributed by atoms with Crippen molar-refractivity contribution >= 4 is 38.7 Å². The van der Waals surface area contributed by atoms with Crippen LogP contribution in [0.1, 0.15) is 29.0 Å². The molecule has 1 aliphatic rings. The van der Waals surface area contributed by atoms with E-state index in [2.05, 4.69) is 56.8 Å². The average Bonchev–Trinajstić information content (AvgIpc) is 3.48. The van der Waals surface area contributed by atoms with E-state index in [4.69, 9.17) is 17.0 Å². The molecule has 4 aromatic rings. The third-order valence-electron chi connectivity index (χ3n) is 6.25. The van der Waals surface area contributed by atoms with Crippen molar-refractivity contribution in [3.63, 3.8) is 0 Å². The second-order valence-corrected chi connectivity index (χ2v) is 11.0. The molecule has 2 aromatic carbocycles. The average molecular weight is 534 g/mol. The highest BCUT2D eigenvalue weighted by Crippen LogP contribution is 2.43. The Bertz CT molecular complexity index is 1540. The Morgan fingerprint density at radius 2 is 1.78 bits per heavy atom. The van der Waals surface area contributed by atoms with Gasteiger partial charge in [-0.05, 0) is 73.7 Å². The molecule has 10 heteroatoms. The normalized spacial score (nSPS) is 17.5. The number of nitrogens with zero attached hydrogens (tertiary/aromatic N) is 3. The van der Waals surface area contributed by atoms with E-state index in [1.807, 2.05) is 41.4 Å². The van der Waals surface area contributed by atoms with Gasteiger partial charge in [-0.1, -0.05) is 23.8 Å². The van der Waals surface area contributed by atoms with Gasteiger partial charge in [0.15, 0.2) is 5.11 Å². The fourth-order valence-electron chi connectivity index (χ4n) is 4.63. The Hall–Kier alpha value is -3.89. The largest absolute Gasteiger partial charge is 0.495 e. The van der Waals surface area contributed by atoms with Crippen molar-refractivity contribution in [3.05, 3.63) is 102 Å². The van der Waals surface area contributed by atoms with E-state index < -0.39 is 10.0 Å². The first-order valence-corrected chi connectivity index (χ1v) is 14.0. The highest BCUT2D eigenvalue weighted by atomic mass is 32.2.